The number of fused-ring (bicyclic) bond motifs is 1. The molecule has 1 heterocycles. The number of nitrogens with one attached hydrogen (secondary N) is 1. The van der Waals surface area contributed by atoms with E-state index in [0.717, 1.165) is 40.0 Å². The Balaban J connectivity index is 2.69. The van der Waals surface area contributed by atoms with Gasteiger partial charge in [-0.1, -0.05) is 6.92 Å². The maximum atomic E-state index is 5.65. The van der Waals surface area contributed by atoms with Crippen LogP contribution < -0.4 is 16.0 Å². The second kappa shape index (κ2) is 5.23. The average Bonchev–Trinajstić information content (AvgIpc) is 2.38. The fourth-order valence-corrected chi connectivity index (χ4v) is 2.18. The van der Waals surface area contributed by atoms with E-state index in [2.05, 4.69) is 17.3 Å². The van der Waals surface area contributed by atoms with Gasteiger partial charge in [0.1, 0.15) is 5.75 Å². The van der Waals surface area contributed by atoms with Crippen LogP contribution in [0.25, 0.3) is 10.9 Å². The molecule has 3 N–H and O–H groups in total. The van der Waals surface area contributed by atoms with E-state index in [1.54, 1.807) is 0 Å². The van der Waals surface area contributed by atoms with Gasteiger partial charge in [-0.2, -0.15) is 0 Å². The first-order valence-corrected chi connectivity index (χ1v) is 6.23. The summed E-state index contributed by atoms with van der Waals surface area (Å²) >= 11 is 0. The summed E-state index contributed by atoms with van der Waals surface area (Å²) in [5.74, 6) is 6.49. The zero-order chi connectivity index (χ0) is 13.1. The molecule has 4 heteroatoms. The first-order chi connectivity index (χ1) is 8.71. The number of hydrazine groups is 1. The fraction of sp³-hybridized carbons (Fsp3) is 0.357. The van der Waals surface area contributed by atoms with E-state index in [1.165, 1.54) is 0 Å². The molecule has 0 amide bonds. The van der Waals surface area contributed by atoms with Gasteiger partial charge in [0.05, 0.1) is 17.8 Å². The van der Waals surface area contributed by atoms with Crippen molar-refractivity contribution in [2.45, 2.75) is 27.2 Å². The SMILES string of the molecule is CCOc1ccc2nc(CC)c(C)c(NN)c2c1. The van der Waals surface area contributed by atoms with Crippen LogP contribution in [0.3, 0.4) is 0 Å². The van der Waals surface area contributed by atoms with Crippen LogP contribution in [-0.2, 0) is 6.42 Å². The van der Waals surface area contributed by atoms with Crippen LogP contribution in [-0.4, -0.2) is 11.6 Å². The lowest BCUT2D eigenvalue weighted by Crippen LogP contribution is -2.11. The van der Waals surface area contributed by atoms with Crippen molar-refractivity contribution in [3.8, 4) is 5.75 Å². The largest absolute Gasteiger partial charge is 0.494 e. The zero-order valence-corrected chi connectivity index (χ0v) is 11.1. The molecule has 0 atom stereocenters. The Morgan fingerprint density at radius 3 is 2.72 bits per heavy atom. The van der Waals surface area contributed by atoms with E-state index in [1.807, 2.05) is 32.0 Å². The number of nitrogens with two attached hydrogens (primary N) is 1. The number of nitrogens with zero attached hydrogens (tertiary/aromatic N) is 1. The number of benzene rings is 1. The molecule has 0 radical (unpaired) electrons. The van der Waals surface area contributed by atoms with Crippen LogP contribution in [0.4, 0.5) is 5.69 Å². The van der Waals surface area contributed by atoms with Crippen molar-refractivity contribution in [1.82, 2.24) is 4.98 Å². The van der Waals surface area contributed by atoms with E-state index in [0.29, 0.717) is 6.61 Å². The average molecular weight is 245 g/mol. The van der Waals surface area contributed by atoms with Gasteiger partial charge in [-0.15, -0.1) is 0 Å². The number of hydrogen-bond donors (Lipinski definition) is 2. The van der Waals surface area contributed by atoms with Crippen molar-refractivity contribution in [2.24, 2.45) is 5.84 Å². The maximum Gasteiger partial charge on any atom is 0.120 e. The molecule has 0 fully saturated rings. The van der Waals surface area contributed by atoms with Gasteiger partial charge in [-0.05, 0) is 44.0 Å². The van der Waals surface area contributed by atoms with Crippen LogP contribution in [0, 0.1) is 6.92 Å². The highest BCUT2D eigenvalue weighted by atomic mass is 16.5. The Labute approximate surface area is 107 Å². The van der Waals surface area contributed by atoms with Gasteiger partial charge in [0.25, 0.3) is 0 Å². The number of nitrogen functional groups attached to an aromatic ring is 1. The lowest BCUT2D eigenvalue weighted by Gasteiger charge is -2.14. The summed E-state index contributed by atoms with van der Waals surface area (Å²) in [4.78, 5) is 4.65. The minimum atomic E-state index is 0.649. The number of pyridine rings is 1. The molecule has 1 aromatic carbocycles. The Kier molecular flexibility index (Phi) is 3.67. The van der Waals surface area contributed by atoms with Crippen molar-refractivity contribution in [2.75, 3.05) is 12.0 Å². The third kappa shape index (κ3) is 2.11. The standard InChI is InChI=1S/C14H19N3O/c1-4-12-9(3)14(17-15)11-8-10(18-5-2)6-7-13(11)16-12/h6-8H,4-5,15H2,1-3H3,(H,16,17). The first kappa shape index (κ1) is 12.6. The summed E-state index contributed by atoms with van der Waals surface area (Å²) < 4.78 is 5.51. The predicted octanol–water partition coefficient (Wildman–Crippen LogP) is 2.79. The number of anilines is 1. The summed E-state index contributed by atoms with van der Waals surface area (Å²) in [6, 6.07) is 5.89. The molecule has 18 heavy (non-hydrogen) atoms. The van der Waals surface area contributed by atoms with Gasteiger partial charge in [-0.25, -0.2) is 0 Å². The highest BCUT2D eigenvalue weighted by Crippen LogP contribution is 2.30. The topological polar surface area (TPSA) is 60.2 Å². The van der Waals surface area contributed by atoms with Crippen molar-refractivity contribution in [1.29, 1.82) is 0 Å². The van der Waals surface area contributed by atoms with Gasteiger partial charge in [0, 0.05) is 11.1 Å². The quantitative estimate of drug-likeness (QED) is 0.642. The Hall–Kier alpha value is -1.81. The molecule has 1 aromatic heterocycles. The van der Waals surface area contributed by atoms with Gasteiger partial charge in [0.2, 0.25) is 0 Å². The van der Waals surface area contributed by atoms with Crippen molar-refractivity contribution >= 4 is 16.6 Å². The normalized spacial score (nSPS) is 10.7. The highest BCUT2D eigenvalue weighted by Gasteiger charge is 2.10. The monoisotopic (exact) mass is 245 g/mol. The van der Waals surface area contributed by atoms with Crippen LogP contribution >= 0.6 is 0 Å². The number of aromatic nitrogens is 1. The molecule has 0 unspecified atom stereocenters. The maximum absolute atomic E-state index is 5.65. The van der Waals surface area contributed by atoms with Gasteiger partial charge < -0.3 is 10.2 Å². The van der Waals surface area contributed by atoms with Crippen LogP contribution in [0.1, 0.15) is 25.1 Å². The molecular weight excluding hydrogens is 226 g/mol. The van der Waals surface area contributed by atoms with Crippen molar-refractivity contribution in [3.05, 3.63) is 29.5 Å². The van der Waals surface area contributed by atoms with E-state index in [9.17, 15) is 0 Å². The highest BCUT2D eigenvalue weighted by molar-refractivity contribution is 5.94. The summed E-state index contributed by atoms with van der Waals surface area (Å²) in [6.07, 6.45) is 0.893. The van der Waals surface area contributed by atoms with E-state index in [-0.39, 0.29) is 0 Å². The second-order valence-corrected chi connectivity index (χ2v) is 4.17. The Morgan fingerprint density at radius 2 is 2.11 bits per heavy atom. The van der Waals surface area contributed by atoms with Gasteiger partial charge in [-0.3, -0.25) is 10.8 Å². The molecule has 2 aromatic rings. The fourth-order valence-electron chi connectivity index (χ4n) is 2.18. The number of aryl methyl sites for hydroxylation is 1. The molecular formula is C14H19N3O. The molecule has 0 saturated heterocycles. The molecule has 2 rings (SSSR count). The third-order valence-corrected chi connectivity index (χ3v) is 3.09. The molecule has 0 saturated carbocycles. The van der Waals surface area contributed by atoms with Crippen molar-refractivity contribution in [3.63, 3.8) is 0 Å². The van der Waals surface area contributed by atoms with E-state index >= 15 is 0 Å². The lowest BCUT2D eigenvalue weighted by atomic mass is 10.1. The number of ether oxygens (including phenoxy) is 1. The molecule has 0 spiro atoms. The second-order valence-electron chi connectivity index (χ2n) is 4.17. The summed E-state index contributed by atoms with van der Waals surface area (Å²) in [7, 11) is 0. The third-order valence-electron chi connectivity index (χ3n) is 3.09. The molecule has 0 bridgehead atoms. The van der Waals surface area contributed by atoms with Gasteiger partial charge >= 0.3 is 0 Å². The van der Waals surface area contributed by atoms with Gasteiger partial charge in [0.15, 0.2) is 0 Å². The Morgan fingerprint density at radius 1 is 1.33 bits per heavy atom. The summed E-state index contributed by atoms with van der Waals surface area (Å²) in [6.45, 7) is 6.75. The summed E-state index contributed by atoms with van der Waals surface area (Å²) in [5, 5.41) is 0.998. The van der Waals surface area contributed by atoms with E-state index < -0.39 is 0 Å². The van der Waals surface area contributed by atoms with Crippen LogP contribution in [0.15, 0.2) is 18.2 Å². The zero-order valence-electron chi connectivity index (χ0n) is 11.1. The molecule has 0 aliphatic rings. The first-order valence-electron chi connectivity index (χ1n) is 6.23. The number of rotatable bonds is 4. The van der Waals surface area contributed by atoms with Crippen molar-refractivity contribution < 1.29 is 4.74 Å². The Bertz CT molecular complexity index is 566. The lowest BCUT2D eigenvalue weighted by molar-refractivity contribution is 0.340. The smallest absolute Gasteiger partial charge is 0.120 e. The van der Waals surface area contributed by atoms with Crippen LogP contribution in [0.5, 0.6) is 5.75 Å². The predicted molar refractivity (Wildman–Crippen MR) is 74.8 cm³/mol. The van der Waals surface area contributed by atoms with Crippen LogP contribution in [0.2, 0.25) is 0 Å². The molecule has 4 nitrogen and oxygen atoms in total. The molecule has 96 valence electrons. The minimum Gasteiger partial charge on any atom is -0.494 e. The molecule has 0 aliphatic carbocycles. The molecule has 0 aliphatic heterocycles. The van der Waals surface area contributed by atoms with E-state index in [4.69, 9.17) is 10.6 Å². The number of hydrogen-bond acceptors (Lipinski definition) is 4. The minimum absolute atomic E-state index is 0.649. The summed E-state index contributed by atoms with van der Waals surface area (Å²) in [5.41, 5.74) is 6.82.